The first-order valence-corrected chi connectivity index (χ1v) is 4.81. The summed E-state index contributed by atoms with van der Waals surface area (Å²) < 4.78 is 2.70. The number of benzene rings is 1. The first-order valence-electron chi connectivity index (χ1n) is 3.99. The van der Waals surface area contributed by atoms with Crippen molar-refractivity contribution in [2.75, 3.05) is 12.4 Å². The Bertz CT molecular complexity index is 498. The third-order valence-electron chi connectivity index (χ3n) is 2.08. The zero-order valence-corrected chi connectivity index (χ0v) is 8.31. The lowest BCUT2D eigenvalue weighted by Gasteiger charge is -1.99. The number of hydrogen-bond acceptors (Lipinski definition) is 3. The molecule has 1 N–H and O–H groups in total. The summed E-state index contributed by atoms with van der Waals surface area (Å²) in [6.07, 6.45) is 0. The highest BCUT2D eigenvalue weighted by Gasteiger charge is 2.03. The monoisotopic (exact) mass is 194 g/mol. The minimum absolute atomic E-state index is 0.0863. The fraction of sp³-hybridized carbons (Fsp3) is 0.222. The van der Waals surface area contributed by atoms with Crippen molar-refractivity contribution >= 4 is 27.2 Å². The van der Waals surface area contributed by atoms with Gasteiger partial charge in [0.2, 0.25) is 0 Å². The standard InChI is InChI=1S/C9H10N2OS/c1-10-6-3-4-8-7(5-6)11(2)9(12)13-8/h3-5,10H,1-2H3. The van der Waals surface area contributed by atoms with Crippen LogP contribution in [0.2, 0.25) is 0 Å². The smallest absolute Gasteiger partial charge is 0.307 e. The lowest BCUT2D eigenvalue weighted by Crippen LogP contribution is -2.06. The molecule has 1 aromatic carbocycles. The van der Waals surface area contributed by atoms with Crippen LogP contribution in [0.3, 0.4) is 0 Å². The lowest BCUT2D eigenvalue weighted by molar-refractivity contribution is 0.939. The van der Waals surface area contributed by atoms with E-state index in [-0.39, 0.29) is 4.87 Å². The Balaban J connectivity index is 2.82. The van der Waals surface area contributed by atoms with E-state index in [1.54, 1.807) is 11.6 Å². The van der Waals surface area contributed by atoms with Crippen LogP contribution in [0.4, 0.5) is 5.69 Å². The van der Waals surface area contributed by atoms with E-state index >= 15 is 0 Å². The Morgan fingerprint density at radius 2 is 2.23 bits per heavy atom. The highest BCUT2D eigenvalue weighted by atomic mass is 32.1. The van der Waals surface area contributed by atoms with E-state index in [1.165, 1.54) is 11.3 Å². The zero-order chi connectivity index (χ0) is 9.42. The van der Waals surface area contributed by atoms with Crippen LogP contribution in [-0.2, 0) is 7.05 Å². The Labute approximate surface area is 79.6 Å². The summed E-state index contributed by atoms with van der Waals surface area (Å²) in [6.45, 7) is 0. The van der Waals surface area contributed by atoms with Crippen LogP contribution >= 0.6 is 11.3 Å². The molecule has 1 aromatic heterocycles. The van der Waals surface area contributed by atoms with Crippen molar-refractivity contribution < 1.29 is 0 Å². The van der Waals surface area contributed by atoms with Crippen LogP contribution in [0.25, 0.3) is 10.2 Å². The number of thiazole rings is 1. The molecule has 13 heavy (non-hydrogen) atoms. The zero-order valence-electron chi connectivity index (χ0n) is 7.50. The van der Waals surface area contributed by atoms with Gasteiger partial charge >= 0.3 is 4.87 Å². The first-order chi connectivity index (χ1) is 6.22. The van der Waals surface area contributed by atoms with E-state index < -0.39 is 0 Å². The third-order valence-corrected chi connectivity index (χ3v) is 3.09. The first kappa shape index (κ1) is 8.31. The molecule has 0 aliphatic carbocycles. The van der Waals surface area contributed by atoms with Gasteiger partial charge in [0, 0.05) is 19.8 Å². The van der Waals surface area contributed by atoms with Crippen LogP contribution in [-0.4, -0.2) is 11.6 Å². The van der Waals surface area contributed by atoms with Crippen molar-refractivity contribution in [3.05, 3.63) is 27.9 Å². The van der Waals surface area contributed by atoms with Gasteiger partial charge in [0.1, 0.15) is 0 Å². The van der Waals surface area contributed by atoms with Gasteiger partial charge in [-0.15, -0.1) is 0 Å². The maximum absolute atomic E-state index is 11.3. The van der Waals surface area contributed by atoms with Crippen LogP contribution < -0.4 is 10.2 Å². The molecule has 0 spiro atoms. The average molecular weight is 194 g/mol. The van der Waals surface area contributed by atoms with Crippen LogP contribution in [0, 0.1) is 0 Å². The second-order valence-corrected chi connectivity index (χ2v) is 3.85. The Hall–Kier alpha value is -1.29. The predicted octanol–water partition coefficient (Wildman–Crippen LogP) is 1.64. The van der Waals surface area contributed by atoms with E-state index in [0.717, 1.165) is 15.9 Å². The summed E-state index contributed by atoms with van der Waals surface area (Å²) in [4.78, 5) is 11.4. The maximum atomic E-state index is 11.3. The average Bonchev–Trinajstić information content (AvgIpc) is 2.43. The lowest BCUT2D eigenvalue weighted by atomic mass is 10.3. The molecule has 0 bridgehead atoms. The minimum atomic E-state index is 0.0863. The van der Waals surface area contributed by atoms with Crippen LogP contribution in [0.5, 0.6) is 0 Å². The van der Waals surface area contributed by atoms with Gasteiger partial charge in [0.05, 0.1) is 10.2 Å². The van der Waals surface area contributed by atoms with E-state index in [0.29, 0.717) is 0 Å². The predicted molar refractivity (Wildman–Crippen MR) is 56.6 cm³/mol. The van der Waals surface area contributed by atoms with Gasteiger partial charge in [-0.1, -0.05) is 11.3 Å². The second kappa shape index (κ2) is 2.88. The summed E-state index contributed by atoms with van der Waals surface area (Å²) in [5.41, 5.74) is 2.02. The Morgan fingerprint density at radius 3 is 2.92 bits per heavy atom. The summed E-state index contributed by atoms with van der Waals surface area (Å²) in [5.74, 6) is 0. The minimum Gasteiger partial charge on any atom is -0.388 e. The van der Waals surface area contributed by atoms with Gasteiger partial charge in [0.25, 0.3) is 0 Å². The number of nitrogens with zero attached hydrogens (tertiary/aromatic N) is 1. The second-order valence-electron chi connectivity index (χ2n) is 2.86. The van der Waals surface area contributed by atoms with Crippen LogP contribution in [0.15, 0.2) is 23.0 Å². The fourth-order valence-electron chi connectivity index (χ4n) is 1.28. The number of rotatable bonds is 1. The number of fused-ring (bicyclic) bond motifs is 1. The summed E-state index contributed by atoms with van der Waals surface area (Å²) in [5, 5.41) is 3.04. The number of hydrogen-bond donors (Lipinski definition) is 1. The maximum Gasteiger partial charge on any atom is 0.307 e. The molecule has 2 rings (SSSR count). The molecule has 0 amide bonds. The molecule has 0 aliphatic rings. The molecular weight excluding hydrogens is 184 g/mol. The molecule has 0 saturated heterocycles. The molecule has 0 unspecified atom stereocenters. The molecule has 0 atom stereocenters. The van der Waals surface area contributed by atoms with E-state index in [1.807, 2.05) is 25.2 Å². The van der Waals surface area contributed by atoms with E-state index in [9.17, 15) is 4.79 Å². The number of aryl methyl sites for hydroxylation is 1. The summed E-state index contributed by atoms with van der Waals surface area (Å²) in [6, 6.07) is 5.92. The third kappa shape index (κ3) is 1.23. The molecule has 0 saturated carbocycles. The number of aromatic nitrogens is 1. The summed E-state index contributed by atoms with van der Waals surface area (Å²) >= 11 is 1.28. The van der Waals surface area contributed by atoms with Gasteiger partial charge in [-0.05, 0) is 18.2 Å². The van der Waals surface area contributed by atoms with Crippen molar-refractivity contribution in [1.82, 2.24) is 4.57 Å². The van der Waals surface area contributed by atoms with Crippen molar-refractivity contribution in [1.29, 1.82) is 0 Å². The Kier molecular flexibility index (Phi) is 1.84. The normalized spacial score (nSPS) is 10.6. The number of nitrogens with one attached hydrogen (secondary N) is 1. The highest BCUT2D eigenvalue weighted by Crippen LogP contribution is 2.20. The molecule has 3 nitrogen and oxygen atoms in total. The van der Waals surface area contributed by atoms with Crippen molar-refractivity contribution in [2.24, 2.45) is 7.05 Å². The largest absolute Gasteiger partial charge is 0.388 e. The molecule has 1 heterocycles. The van der Waals surface area contributed by atoms with E-state index in [4.69, 9.17) is 0 Å². The molecule has 68 valence electrons. The molecule has 0 aliphatic heterocycles. The molecular formula is C9H10N2OS. The van der Waals surface area contributed by atoms with Crippen LogP contribution in [0.1, 0.15) is 0 Å². The van der Waals surface area contributed by atoms with Crippen molar-refractivity contribution in [3.63, 3.8) is 0 Å². The SMILES string of the molecule is CNc1ccc2sc(=O)n(C)c2c1. The molecule has 0 radical (unpaired) electrons. The van der Waals surface area contributed by atoms with Crippen molar-refractivity contribution in [3.8, 4) is 0 Å². The van der Waals surface area contributed by atoms with Crippen molar-refractivity contribution in [2.45, 2.75) is 0 Å². The highest BCUT2D eigenvalue weighted by molar-refractivity contribution is 7.16. The molecule has 0 fully saturated rings. The number of anilines is 1. The van der Waals surface area contributed by atoms with Gasteiger partial charge in [0.15, 0.2) is 0 Å². The van der Waals surface area contributed by atoms with Gasteiger partial charge in [-0.2, -0.15) is 0 Å². The quantitative estimate of drug-likeness (QED) is 0.748. The van der Waals surface area contributed by atoms with E-state index in [2.05, 4.69) is 5.32 Å². The topological polar surface area (TPSA) is 34.0 Å². The van der Waals surface area contributed by atoms with Gasteiger partial charge < -0.3 is 9.88 Å². The Morgan fingerprint density at radius 1 is 1.46 bits per heavy atom. The fourth-order valence-corrected chi connectivity index (χ4v) is 2.14. The van der Waals surface area contributed by atoms with Gasteiger partial charge in [-0.3, -0.25) is 4.79 Å². The summed E-state index contributed by atoms with van der Waals surface area (Å²) in [7, 11) is 3.66. The molecule has 4 heteroatoms. The molecule has 2 aromatic rings. The van der Waals surface area contributed by atoms with Gasteiger partial charge in [-0.25, -0.2) is 0 Å².